The zero-order valence-electron chi connectivity index (χ0n) is 13.4. The minimum atomic E-state index is -1.08. The van der Waals surface area contributed by atoms with Crippen molar-refractivity contribution in [1.29, 1.82) is 0 Å². The number of hydrogen-bond acceptors (Lipinski definition) is 6. The summed E-state index contributed by atoms with van der Waals surface area (Å²) < 4.78 is 5.18. The number of carbonyl (C=O) groups is 2. The average Bonchev–Trinajstić information content (AvgIpc) is 3.31. The van der Waals surface area contributed by atoms with Crippen molar-refractivity contribution in [2.24, 2.45) is 5.10 Å². The molecule has 9 heteroatoms. The number of carboxylic acids is 1. The Morgan fingerprint density at radius 1 is 1.31 bits per heavy atom. The van der Waals surface area contributed by atoms with Gasteiger partial charge in [-0.1, -0.05) is 18.2 Å². The van der Waals surface area contributed by atoms with E-state index in [9.17, 15) is 9.59 Å². The van der Waals surface area contributed by atoms with Gasteiger partial charge in [-0.2, -0.15) is 10.2 Å². The molecule has 0 aliphatic rings. The number of amides is 1. The number of rotatable bonds is 7. The van der Waals surface area contributed by atoms with Crippen LogP contribution in [0.2, 0.25) is 0 Å². The normalized spacial score (nSPS) is 10.8. The van der Waals surface area contributed by atoms with Crippen molar-refractivity contribution in [3.8, 4) is 16.3 Å². The Labute approximate surface area is 152 Å². The number of para-hydroxylation sites is 1. The fourth-order valence-corrected chi connectivity index (χ4v) is 2.88. The SMILES string of the molecule is O=C(O)COc1ccccc1/C=N\NC(=O)c1cn[nH]c1-c1cccs1. The van der Waals surface area contributed by atoms with E-state index < -0.39 is 18.5 Å². The van der Waals surface area contributed by atoms with Crippen LogP contribution in [0, 0.1) is 0 Å². The monoisotopic (exact) mass is 370 g/mol. The molecule has 0 unspecified atom stereocenters. The van der Waals surface area contributed by atoms with Crippen molar-refractivity contribution in [3.05, 3.63) is 59.1 Å². The standard InChI is InChI=1S/C17H14N4O4S/c22-15(23)10-25-13-5-2-1-4-11(13)8-18-21-17(24)12-9-19-20-16(12)14-6-3-7-26-14/h1-9H,10H2,(H,19,20)(H,21,24)(H,22,23)/b18-8-. The van der Waals surface area contributed by atoms with E-state index in [1.165, 1.54) is 23.7 Å². The minimum Gasteiger partial charge on any atom is -0.481 e. The van der Waals surface area contributed by atoms with Crippen LogP contribution in [0.3, 0.4) is 0 Å². The number of carbonyl (C=O) groups excluding carboxylic acids is 1. The van der Waals surface area contributed by atoms with E-state index in [1.54, 1.807) is 24.3 Å². The molecular formula is C17H14N4O4S. The summed E-state index contributed by atoms with van der Waals surface area (Å²) in [5, 5.41) is 21.2. The highest BCUT2D eigenvalue weighted by Gasteiger charge is 2.15. The van der Waals surface area contributed by atoms with Gasteiger partial charge >= 0.3 is 5.97 Å². The Bertz CT molecular complexity index is 934. The van der Waals surface area contributed by atoms with E-state index in [1.807, 2.05) is 17.5 Å². The first-order valence-electron chi connectivity index (χ1n) is 7.49. The highest BCUT2D eigenvalue weighted by molar-refractivity contribution is 7.13. The number of hydrogen-bond donors (Lipinski definition) is 3. The van der Waals surface area contributed by atoms with Gasteiger partial charge in [0.15, 0.2) is 6.61 Å². The van der Waals surface area contributed by atoms with Crippen LogP contribution in [0.25, 0.3) is 10.6 Å². The zero-order valence-corrected chi connectivity index (χ0v) is 14.2. The second kappa shape index (κ2) is 8.08. The molecule has 0 radical (unpaired) electrons. The van der Waals surface area contributed by atoms with Crippen LogP contribution in [-0.2, 0) is 4.79 Å². The molecule has 0 bridgehead atoms. The number of H-pyrrole nitrogens is 1. The molecule has 2 heterocycles. The van der Waals surface area contributed by atoms with Crippen LogP contribution in [0.5, 0.6) is 5.75 Å². The second-order valence-corrected chi connectivity index (χ2v) is 6.00. The van der Waals surface area contributed by atoms with Gasteiger partial charge in [0, 0.05) is 5.56 Å². The smallest absolute Gasteiger partial charge is 0.341 e. The molecule has 0 aliphatic carbocycles. The predicted molar refractivity (Wildman–Crippen MR) is 96.5 cm³/mol. The van der Waals surface area contributed by atoms with Crippen molar-refractivity contribution < 1.29 is 19.4 Å². The van der Waals surface area contributed by atoms with Gasteiger partial charge in [0.1, 0.15) is 5.75 Å². The van der Waals surface area contributed by atoms with E-state index >= 15 is 0 Å². The number of carboxylic acid groups (broad SMARTS) is 1. The fourth-order valence-electron chi connectivity index (χ4n) is 2.15. The van der Waals surface area contributed by atoms with E-state index in [0.29, 0.717) is 22.6 Å². The molecule has 0 spiro atoms. The summed E-state index contributed by atoms with van der Waals surface area (Å²) in [5.41, 5.74) is 3.97. The van der Waals surface area contributed by atoms with Gasteiger partial charge in [-0.05, 0) is 23.6 Å². The summed E-state index contributed by atoms with van der Waals surface area (Å²) in [5.74, 6) is -1.14. The third kappa shape index (κ3) is 4.14. The number of aromatic amines is 1. The van der Waals surface area contributed by atoms with Crippen LogP contribution in [0.15, 0.2) is 53.1 Å². The van der Waals surface area contributed by atoms with Gasteiger partial charge in [0.25, 0.3) is 5.91 Å². The van der Waals surface area contributed by atoms with Gasteiger partial charge in [-0.25, -0.2) is 10.2 Å². The van der Waals surface area contributed by atoms with Gasteiger partial charge in [-0.15, -0.1) is 11.3 Å². The maximum Gasteiger partial charge on any atom is 0.341 e. The lowest BCUT2D eigenvalue weighted by molar-refractivity contribution is -0.139. The van der Waals surface area contributed by atoms with E-state index in [0.717, 1.165) is 4.88 Å². The number of nitrogens with zero attached hydrogens (tertiary/aromatic N) is 2. The number of thiophene rings is 1. The van der Waals surface area contributed by atoms with Crippen molar-refractivity contribution in [3.63, 3.8) is 0 Å². The van der Waals surface area contributed by atoms with E-state index in [2.05, 4.69) is 20.7 Å². The first kappa shape index (κ1) is 17.4. The fraction of sp³-hybridized carbons (Fsp3) is 0.0588. The summed E-state index contributed by atoms with van der Waals surface area (Å²) in [6, 6.07) is 10.6. The number of nitrogens with one attached hydrogen (secondary N) is 2. The molecule has 0 saturated carbocycles. The molecule has 2 aromatic heterocycles. The van der Waals surface area contributed by atoms with Crippen LogP contribution >= 0.6 is 11.3 Å². The second-order valence-electron chi connectivity index (χ2n) is 5.06. The number of benzene rings is 1. The topological polar surface area (TPSA) is 117 Å². The van der Waals surface area contributed by atoms with Crippen molar-refractivity contribution >= 4 is 29.4 Å². The molecular weight excluding hydrogens is 356 g/mol. The lowest BCUT2D eigenvalue weighted by Crippen LogP contribution is -2.18. The molecule has 0 aliphatic heterocycles. The zero-order chi connectivity index (χ0) is 18.4. The third-order valence-corrected chi connectivity index (χ3v) is 4.18. The Kier molecular flexibility index (Phi) is 5.40. The van der Waals surface area contributed by atoms with Crippen molar-refractivity contribution in [2.45, 2.75) is 0 Å². The molecule has 132 valence electrons. The lowest BCUT2D eigenvalue weighted by atomic mass is 10.2. The Morgan fingerprint density at radius 3 is 2.92 bits per heavy atom. The summed E-state index contributed by atoms with van der Waals surface area (Å²) >= 11 is 1.49. The average molecular weight is 370 g/mol. The number of aliphatic carboxylic acids is 1. The maximum atomic E-state index is 12.3. The summed E-state index contributed by atoms with van der Waals surface area (Å²) in [6.45, 7) is -0.462. The van der Waals surface area contributed by atoms with Crippen LogP contribution in [0.4, 0.5) is 0 Å². The molecule has 0 fully saturated rings. The van der Waals surface area contributed by atoms with E-state index in [-0.39, 0.29) is 0 Å². The number of ether oxygens (including phenoxy) is 1. The molecule has 3 N–H and O–H groups in total. The van der Waals surface area contributed by atoms with Gasteiger partial charge in [0.05, 0.1) is 28.5 Å². The van der Waals surface area contributed by atoms with Crippen LogP contribution in [-0.4, -0.2) is 40.0 Å². The molecule has 8 nitrogen and oxygen atoms in total. The van der Waals surface area contributed by atoms with Crippen LogP contribution < -0.4 is 10.2 Å². The van der Waals surface area contributed by atoms with Gasteiger partial charge in [0.2, 0.25) is 0 Å². The molecule has 3 aromatic rings. The first-order valence-corrected chi connectivity index (χ1v) is 8.37. The molecule has 3 rings (SSSR count). The maximum absolute atomic E-state index is 12.3. The lowest BCUT2D eigenvalue weighted by Gasteiger charge is -2.06. The molecule has 1 amide bonds. The molecule has 1 aromatic carbocycles. The molecule has 0 atom stereocenters. The largest absolute Gasteiger partial charge is 0.481 e. The predicted octanol–water partition coefficient (Wildman–Crippen LogP) is 2.37. The van der Waals surface area contributed by atoms with Crippen LogP contribution in [0.1, 0.15) is 15.9 Å². The third-order valence-electron chi connectivity index (χ3n) is 3.29. The van der Waals surface area contributed by atoms with Gasteiger partial charge < -0.3 is 9.84 Å². The number of aromatic nitrogens is 2. The summed E-state index contributed by atoms with van der Waals surface area (Å²) in [7, 11) is 0. The van der Waals surface area contributed by atoms with E-state index in [4.69, 9.17) is 9.84 Å². The minimum absolute atomic E-state index is 0.357. The molecule has 26 heavy (non-hydrogen) atoms. The van der Waals surface area contributed by atoms with Crippen molar-refractivity contribution in [1.82, 2.24) is 15.6 Å². The Morgan fingerprint density at radius 2 is 2.15 bits per heavy atom. The quantitative estimate of drug-likeness (QED) is 0.436. The van der Waals surface area contributed by atoms with Gasteiger partial charge in [-0.3, -0.25) is 9.89 Å². The summed E-state index contributed by atoms with van der Waals surface area (Å²) in [4.78, 5) is 23.8. The first-order chi connectivity index (χ1) is 12.6. The molecule has 0 saturated heterocycles. The highest BCUT2D eigenvalue weighted by Crippen LogP contribution is 2.25. The Hall–Kier alpha value is -3.46. The Balaban J connectivity index is 1.69. The highest BCUT2D eigenvalue weighted by atomic mass is 32.1. The van der Waals surface area contributed by atoms with Crippen molar-refractivity contribution in [2.75, 3.05) is 6.61 Å². The number of hydrazone groups is 1. The summed E-state index contributed by atoms with van der Waals surface area (Å²) in [6.07, 6.45) is 2.82.